The van der Waals surface area contributed by atoms with E-state index in [0.717, 1.165) is 22.6 Å². The molecule has 1 aromatic heterocycles. The van der Waals surface area contributed by atoms with Crippen molar-refractivity contribution >= 4 is 5.91 Å². The van der Waals surface area contributed by atoms with Gasteiger partial charge in [-0.2, -0.15) is 5.10 Å². The maximum Gasteiger partial charge on any atom is 0.253 e. The zero-order chi connectivity index (χ0) is 24.1. The molecular formula is C27H31N3O4. The molecule has 7 nitrogen and oxygen atoms in total. The van der Waals surface area contributed by atoms with Crippen LogP contribution in [0, 0.1) is 0 Å². The number of hydrogen-bond donors (Lipinski definition) is 0. The van der Waals surface area contributed by atoms with Gasteiger partial charge in [-0.05, 0) is 51.1 Å². The van der Waals surface area contributed by atoms with Crippen LogP contribution in [0.5, 0.6) is 17.2 Å². The van der Waals surface area contributed by atoms with Gasteiger partial charge in [0.1, 0.15) is 22.6 Å². The van der Waals surface area contributed by atoms with Crippen LogP contribution >= 0.6 is 0 Å². The molecule has 3 aromatic rings. The molecule has 0 aliphatic carbocycles. The Balaban J connectivity index is 1.36. The molecule has 0 radical (unpaired) electrons. The molecule has 0 unspecified atom stereocenters. The Bertz CT molecular complexity index is 1230. The minimum absolute atomic E-state index is 0.0157. The van der Waals surface area contributed by atoms with Crippen molar-refractivity contribution in [3.05, 3.63) is 59.8 Å². The van der Waals surface area contributed by atoms with Gasteiger partial charge in [0.05, 0.1) is 7.11 Å². The number of carbonyl (C=O) groups excluding carboxylic acids is 1. The minimum Gasteiger partial charge on any atom is -0.493 e. The molecule has 5 rings (SSSR count). The molecule has 1 saturated heterocycles. The standard InChI is InChI=1S/C27H31N3O4/c1-26(2,3)33-22-11-10-18(16-23(22)32-5)25(31)30-14-12-27(13-15-30)20-17-29(4)28-24(20)19-8-6-7-9-21(19)34-27/h6-11,16-17H,12-15H2,1-5H3. The minimum atomic E-state index is -0.475. The summed E-state index contributed by atoms with van der Waals surface area (Å²) in [5.41, 5.74) is 2.85. The molecule has 34 heavy (non-hydrogen) atoms. The Morgan fingerprint density at radius 1 is 1.09 bits per heavy atom. The summed E-state index contributed by atoms with van der Waals surface area (Å²) in [5.74, 6) is 2.02. The van der Waals surface area contributed by atoms with Crippen molar-refractivity contribution < 1.29 is 19.0 Å². The van der Waals surface area contributed by atoms with Crippen LogP contribution in [0.3, 0.4) is 0 Å². The van der Waals surface area contributed by atoms with Crippen molar-refractivity contribution in [2.75, 3.05) is 20.2 Å². The summed E-state index contributed by atoms with van der Waals surface area (Å²) in [5, 5.41) is 4.73. The predicted octanol–water partition coefficient (Wildman–Crippen LogP) is 4.80. The van der Waals surface area contributed by atoms with E-state index in [0.29, 0.717) is 43.0 Å². The third-order valence-electron chi connectivity index (χ3n) is 6.45. The largest absolute Gasteiger partial charge is 0.493 e. The molecule has 7 heteroatoms. The number of carbonyl (C=O) groups is 1. The van der Waals surface area contributed by atoms with E-state index < -0.39 is 5.60 Å². The van der Waals surface area contributed by atoms with Gasteiger partial charge in [0.25, 0.3) is 5.91 Å². The van der Waals surface area contributed by atoms with Crippen LogP contribution in [0.25, 0.3) is 11.3 Å². The lowest BCUT2D eigenvalue weighted by Gasteiger charge is -2.44. The second kappa shape index (κ2) is 8.08. The van der Waals surface area contributed by atoms with E-state index in [1.54, 1.807) is 13.2 Å². The zero-order valence-electron chi connectivity index (χ0n) is 20.4. The maximum absolute atomic E-state index is 13.4. The van der Waals surface area contributed by atoms with Crippen molar-refractivity contribution in [3.63, 3.8) is 0 Å². The number of piperidine rings is 1. The number of ether oxygens (including phenoxy) is 3. The van der Waals surface area contributed by atoms with Crippen molar-refractivity contribution in [1.82, 2.24) is 14.7 Å². The Morgan fingerprint density at radius 3 is 2.53 bits per heavy atom. The van der Waals surface area contributed by atoms with Gasteiger partial charge in [0.2, 0.25) is 0 Å². The van der Waals surface area contributed by atoms with E-state index in [9.17, 15) is 4.79 Å². The van der Waals surface area contributed by atoms with Crippen LogP contribution < -0.4 is 14.2 Å². The first-order chi connectivity index (χ1) is 16.2. The highest BCUT2D eigenvalue weighted by molar-refractivity contribution is 5.95. The number of hydrogen-bond acceptors (Lipinski definition) is 5. The SMILES string of the molecule is COc1cc(C(=O)N2CCC3(CC2)Oc2ccccc2-c2nn(C)cc23)ccc1OC(C)(C)C. The Labute approximate surface area is 200 Å². The van der Waals surface area contributed by atoms with Gasteiger partial charge in [-0.3, -0.25) is 9.48 Å². The third kappa shape index (κ3) is 3.89. The lowest BCUT2D eigenvalue weighted by atomic mass is 9.81. The van der Waals surface area contributed by atoms with Crippen molar-refractivity contribution in [3.8, 4) is 28.5 Å². The van der Waals surface area contributed by atoms with Crippen molar-refractivity contribution in [2.24, 2.45) is 7.05 Å². The topological polar surface area (TPSA) is 65.8 Å². The number of likely N-dealkylation sites (tertiary alicyclic amines) is 1. The fourth-order valence-corrected chi connectivity index (χ4v) is 4.88. The van der Waals surface area contributed by atoms with E-state index in [4.69, 9.17) is 19.3 Å². The molecule has 1 amide bonds. The smallest absolute Gasteiger partial charge is 0.253 e. The van der Waals surface area contributed by atoms with Gasteiger partial charge in [-0.25, -0.2) is 0 Å². The molecule has 178 valence electrons. The average molecular weight is 462 g/mol. The van der Waals surface area contributed by atoms with Gasteiger partial charge < -0.3 is 19.1 Å². The number of benzene rings is 2. The first-order valence-electron chi connectivity index (χ1n) is 11.7. The van der Waals surface area contributed by atoms with Crippen molar-refractivity contribution in [1.29, 1.82) is 0 Å². The molecule has 2 aliphatic rings. The molecule has 0 N–H and O–H groups in total. The summed E-state index contributed by atoms with van der Waals surface area (Å²) in [6, 6.07) is 13.4. The number of aromatic nitrogens is 2. The number of rotatable bonds is 3. The van der Waals surface area contributed by atoms with Crippen LogP contribution in [-0.4, -0.2) is 46.4 Å². The Hall–Kier alpha value is -3.48. The summed E-state index contributed by atoms with van der Waals surface area (Å²) < 4.78 is 19.9. The van der Waals surface area contributed by atoms with Crippen LogP contribution in [0.4, 0.5) is 0 Å². The van der Waals surface area contributed by atoms with Crippen LogP contribution in [0.2, 0.25) is 0 Å². The number of aryl methyl sites for hydroxylation is 1. The van der Waals surface area contributed by atoms with Gasteiger partial charge in [0, 0.05) is 55.9 Å². The lowest BCUT2D eigenvalue weighted by Crippen LogP contribution is -2.49. The quantitative estimate of drug-likeness (QED) is 0.561. The number of fused-ring (bicyclic) bond motifs is 4. The molecule has 2 aromatic carbocycles. The summed E-state index contributed by atoms with van der Waals surface area (Å²) >= 11 is 0. The first kappa shape index (κ1) is 22.3. The molecule has 0 saturated carbocycles. The fraction of sp³-hybridized carbons (Fsp3) is 0.407. The maximum atomic E-state index is 13.4. The Morgan fingerprint density at radius 2 is 1.82 bits per heavy atom. The van der Waals surface area contributed by atoms with Crippen LogP contribution in [0.1, 0.15) is 49.5 Å². The van der Waals surface area contributed by atoms with Crippen LogP contribution in [0.15, 0.2) is 48.7 Å². The molecule has 0 bridgehead atoms. The van der Waals surface area contributed by atoms with E-state index in [2.05, 4.69) is 6.20 Å². The van der Waals surface area contributed by atoms with E-state index in [-0.39, 0.29) is 11.5 Å². The molecule has 2 aliphatic heterocycles. The second-order valence-corrected chi connectivity index (χ2v) is 10.0. The van der Waals surface area contributed by atoms with E-state index >= 15 is 0 Å². The molecule has 1 fully saturated rings. The summed E-state index contributed by atoms with van der Waals surface area (Å²) in [7, 11) is 3.53. The molecule has 1 spiro atoms. The molecule has 3 heterocycles. The van der Waals surface area contributed by atoms with Gasteiger partial charge >= 0.3 is 0 Å². The monoisotopic (exact) mass is 461 g/mol. The number of para-hydroxylation sites is 1. The van der Waals surface area contributed by atoms with E-state index in [1.807, 2.05) is 73.8 Å². The van der Waals surface area contributed by atoms with Gasteiger partial charge in [-0.1, -0.05) is 12.1 Å². The fourth-order valence-electron chi connectivity index (χ4n) is 4.88. The average Bonchev–Trinajstić information content (AvgIpc) is 3.21. The lowest BCUT2D eigenvalue weighted by molar-refractivity contribution is -0.00167. The number of amides is 1. The predicted molar refractivity (Wildman–Crippen MR) is 129 cm³/mol. The zero-order valence-corrected chi connectivity index (χ0v) is 20.4. The second-order valence-electron chi connectivity index (χ2n) is 10.0. The third-order valence-corrected chi connectivity index (χ3v) is 6.45. The van der Waals surface area contributed by atoms with Gasteiger partial charge in [0.15, 0.2) is 11.5 Å². The highest BCUT2D eigenvalue weighted by Gasteiger charge is 2.45. The van der Waals surface area contributed by atoms with Crippen molar-refractivity contribution in [2.45, 2.75) is 44.8 Å². The Kier molecular flexibility index (Phi) is 5.30. The highest BCUT2D eigenvalue weighted by atomic mass is 16.5. The summed E-state index contributed by atoms with van der Waals surface area (Å²) in [4.78, 5) is 15.2. The molecular weight excluding hydrogens is 430 g/mol. The van der Waals surface area contributed by atoms with E-state index in [1.165, 1.54) is 0 Å². The normalized spacial score (nSPS) is 16.4. The van der Waals surface area contributed by atoms with Gasteiger partial charge in [-0.15, -0.1) is 0 Å². The summed E-state index contributed by atoms with van der Waals surface area (Å²) in [6.45, 7) is 7.13. The first-order valence-corrected chi connectivity index (χ1v) is 11.7. The van der Waals surface area contributed by atoms with Crippen LogP contribution in [-0.2, 0) is 12.6 Å². The number of methoxy groups -OCH3 is 1. The molecule has 0 atom stereocenters. The highest BCUT2D eigenvalue weighted by Crippen LogP contribution is 2.49. The number of nitrogens with zero attached hydrogens (tertiary/aromatic N) is 3. The summed E-state index contributed by atoms with van der Waals surface area (Å²) in [6.07, 6.45) is 3.46.